The van der Waals surface area contributed by atoms with E-state index in [0.717, 1.165) is 50.3 Å². The van der Waals surface area contributed by atoms with E-state index >= 15 is 0 Å². The van der Waals surface area contributed by atoms with E-state index in [-0.39, 0.29) is 5.82 Å². The summed E-state index contributed by atoms with van der Waals surface area (Å²) < 4.78 is 16.2. The Labute approximate surface area is 365 Å². The van der Waals surface area contributed by atoms with E-state index in [1.807, 2.05) is 12.1 Å². The highest BCUT2D eigenvalue weighted by atomic mass is 19.1. The average molecular weight is 805 g/mol. The van der Waals surface area contributed by atoms with Crippen molar-refractivity contribution in [3.8, 4) is 83.6 Å². The van der Waals surface area contributed by atoms with Gasteiger partial charge in [-0.1, -0.05) is 146 Å². The van der Waals surface area contributed by atoms with E-state index in [1.54, 1.807) is 0 Å². The SMILES string of the molecule is Fc1ccc(-n2c3ccccc3c3ccc(-c4ccc(N(c5ccccc5)c5ccc(-c6ccc7c(c6)-c6c8cccc6-c6cccc-7c6-c6ccccc6-8)cc5)cc4)cc32)cc1. The summed E-state index contributed by atoms with van der Waals surface area (Å²) in [6.07, 6.45) is 0. The number of fused-ring (bicyclic) bond motifs is 7. The molecule has 0 aliphatic heterocycles. The molecule has 1 heterocycles. The molecule has 0 amide bonds. The normalized spacial score (nSPS) is 11.9. The van der Waals surface area contributed by atoms with Crippen LogP contribution in [-0.2, 0) is 0 Å². The van der Waals surface area contributed by atoms with Crippen molar-refractivity contribution in [2.24, 2.45) is 0 Å². The number of aromatic nitrogens is 1. The molecule has 11 aromatic rings. The largest absolute Gasteiger partial charge is 0.311 e. The van der Waals surface area contributed by atoms with Crippen LogP contribution in [0.4, 0.5) is 21.5 Å². The molecule has 0 fully saturated rings. The van der Waals surface area contributed by atoms with Crippen molar-refractivity contribution < 1.29 is 4.39 Å². The second kappa shape index (κ2) is 13.9. The van der Waals surface area contributed by atoms with Gasteiger partial charge >= 0.3 is 0 Å². The highest BCUT2D eigenvalue weighted by Crippen LogP contribution is 2.57. The van der Waals surface area contributed by atoms with E-state index in [1.165, 1.54) is 84.3 Å². The van der Waals surface area contributed by atoms with Crippen LogP contribution in [0, 0.1) is 5.82 Å². The number of rotatable bonds is 6. The van der Waals surface area contributed by atoms with Gasteiger partial charge in [0.1, 0.15) is 5.82 Å². The van der Waals surface area contributed by atoms with E-state index in [4.69, 9.17) is 0 Å². The van der Waals surface area contributed by atoms with Crippen LogP contribution in [0.3, 0.4) is 0 Å². The topological polar surface area (TPSA) is 8.17 Å². The number of hydrogen-bond donors (Lipinski definition) is 0. The van der Waals surface area contributed by atoms with E-state index < -0.39 is 0 Å². The molecule has 0 unspecified atom stereocenters. The molecule has 0 spiro atoms. The van der Waals surface area contributed by atoms with Gasteiger partial charge in [0, 0.05) is 33.5 Å². The van der Waals surface area contributed by atoms with Gasteiger partial charge in [-0.25, -0.2) is 4.39 Å². The fourth-order valence-corrected chi connectivity index (χ4v) is 10.3. The predicted octanol–water partition coefficient (Wildman–Crippen LogP) is 16.7. The fraction of sp³-hybridized carbons (Fsp3) is 0. The fourth-order valence-electron chi connectivity index (χ4n) is 10.3. The number of benzene rings is 10. The van der Waals surface area contributed by atoms with Gasteiger partial charge < -0.3 is 9.47 Å². The molecule has 0 N–H and O–H groups in total. The quantitative estimate of drug-likeness (QED) is 0.163. The van der Waals surface area contributed by atoms with Crippen LogP contribution in [0.1, 0.15) is 0 Å². The first-order valence-corrected chi connectivity index (χ1v) is 21.5. The summed E-state index contributed by atoms with van der Waals surface area (Å²) in [4.78, 5) is 2.32. The van der Waals surface area contributed by atoms with Gasteiger partial charge in [-0.15, -0.1) is 0 Å². The molecular weight excluding hydrogens is 768 g/mol. The first-order valence-electron chi connectivity index (χ1n) is 21.5. The smallest absolute Gasteiger partial charge is 0.123 e. The standard InChI is InChI=1S/C60H37FN2/c61-42-26-32-46(33-27-42)63-57-19-7-6-13-49(57)50-35-25-41(37-58(50)63)39-22-30-45(31-23-39)62(43-10-2-1-3-11-43)44-28-20-38(21-29-44)40-24-34-48-53-16-9-17-54-55-18-8-15-52(60(55)56(48)36-40)47-12-4-5-14-51(47)59(53)54/h1-37H. The van der Waals surface area contributed by atoms with Crippen LogP contribution < -0.4 is 4.90 Å². The van der Waals surface area contributed by atoms with Crippen molar-refractivity contribution >= 4 is 38.9 Å². The summed E-state index contributed by atoms with van der Waals surface area (Å²) >= 11 is 0. The molecular formula is C60H37FN2. The minimum absolute atomic E-state index is 0.243. The Balaban J connectivity index is 0.871. The van der Waals surface area contributed by atoms with Crippen LogP contribution in [0.2, 0.25) is 0 Å². The van der Waals surface area contributed by atoms with Crippen LogP contribution in [0.5, 0.6) is 0 Å². The minimum Gasteiger partial charge on any atom is -0.311 e. The van der Waals surface area contributed by atoms with E-state index in [9.17, 15) is 4.39 Å². The zero-order chi connectivity index (χ0) is 41.6. The molecule has 0 radical (unpaired) electrons. The third-order valence-electron chi connectivity index (χ3n) is 13.2. The Morgan fingerprint density at radius 2 is 0.778 bits per heavy atom. The van der Waals surface area contributed by atoms with Crippen molar-refractivity contribution in [3.63, 3.8) is 0 Å². The van der Waals surface area contributed by atoms with Gasteiger partial charge in [-0.3, -0.25) is 0 Å². The van der Waals surface area contributed by atoms with Gasteiger partial charge in [0.25, 0.3) is 0 Å². The summed E-state index contributed by atoms with van der Waals surface area (Å²) in [5.74, 6) is -0.243. The van der Waals surface area contributed by atoms with Crippen LogP contribution in [0.25, 0.3) is 105 Å². The van der Waals surface area contributed by atoms with Crippen molar-refractivity contribution in [1.82, 2.24) is 4.57 Å². The maximum Gasteiger partial charge on any atom is 0.123 e. The summed E-state index contributed by atoms with van der Waals surface area (Å²) in [5, 5.41) is 2.34. The van der Waals surface area contributed by atoms with Crippen molar-refractivity contribution in [2.45, 2.75) is 0 Å². The molecule has 0 saturated heterocycles. The second-order valence-corrected chi connectivity index (χ2v) is 16.6. The van der Waals surface area contributed by atoms with Gasteiger partial charge in [0.05, 0.1) is 11.0 Å². The van der Waals surface area contributed by atoms with Crippen LogP contribution in [-0.4, -0.2) is 4.57 Å². The Morgan fingerprint density at radius 1 is 0.302 bits per heavy atom. The molecule has 10 aromatic carbocycles. The lowest BCUT2D eigenvalue weighted by atomic mass is 9.83. The van der Waals surface area contributed by atoms with Crippen molar-refractivity contribution in [2.75, 3.05) is 4.90 Å². The minimum atomic E-state index is -0.243. The van der Waals surface area contributed by atoms with Crippen LogP contribution >= 0.6 is 0 Å². The zero-order valence-electron chi connectivity index (χ0n) is 34.1. The molecule has 294 valence electrons. The maximum atomic E-state index is 14.0. The van der Waals surface area contributed by atoms with Crippen molar-refractivity contribution in [3.05, 3.63) is 230 Å². The maximum absolute atomic E-state index is 14.0. The average Bonchev–Trinajstić information content (AvgIpc) is 3.62. The van der Waals surface area contributed by atoms with Gasteiger partial charge in [0.2, 0.25) is 0 Å². The lowest BCUT2D eigenvalue weighted by Gasteiger charge is -2.26. The van der Waals surface area contributed by atoms with Gasteiger partial charge in [0.15, 0.2) is 0 Å². The highest BCUT2D eigenvalue weighted by molar-refractivity contribution is 6.15. The van der Waals surface area contributed by atoms with Gasteiger partial charge in [-0.2, -0.15) is 0 Å². The summed E-state index contributed by atoms with van der Waals surface area (Å²) in [7, 11) is 0. The molecule has 2 aliphatic rings. The number of nitrogens with zero attached hydrogens (tertiary/aromatic N) is 2. The molecule has 63 heavy (non-hydrogen) atoms. The lowest BCUT2D eigenvalue weighted by molar-refractivity contribution is 0.627. The first kappa shape index (κ1) is 35.5. The number of hydrogen-bond acceptors (Lipinski definition) is 1. The Kier molecular flexibility index (Phi) is 7.82. The first-order chi connectivity index (χ1) is 31.2. The number of anilines is 3. The Morgan fingerprint density at radius 3 is 1.46 bits per heavy atom. The van der Waals surface area contributed by atoms with E-state index in [0.29, 0.717) is 0 Å². The molecule has 13 rings (SSSR count). The summed E-state index contributed by atoms with van der Waals surface area (Å²) in [6.45, 7) is 0. The molecule has 1 aromatic heterocycles. The highest BCUT2D eigenvalue weighted by Gasteiger charge is 2.30. The van der Waals surface area contributed by atoms with E-state index in [2.05, 4.69) is 210 Å². The molecule has 0 atom stereocenters. The summed E-state index contributed by atoms with van der Waals surface area (Å²) in [5.41, 5.74) is 23.9. The summed E-state index contributed by atoms with van der Waals surface area (Å²) in [6, 6.07) is 79.8. The lowest BCUT2D eigenvalue weighted by Crippen LogP contribution is -2.09. The molecule has 2 nitrogen and oxygen atoms in total. The second-order valence-electron chi connectivity index (χ2n) is 16.6. The molecule has 0 saturated carbocycles. The number of halogens is 1. The van der Waals surface area contributed by atoms with Crippen LogP contribution in [0.15, 0.2) is 224 Å². The molecule has 2 aliphatic carbocycles. The van der Waals surface area contributed by atoms with Crippen molar-refractivity contribution in [1.29, 1.82) is 0 Å². The van der Waals surface area contributed by atoms with Gasteiger partial charge in [-0.05, 0) is 157 Å². The zero-order valence-corrected chi connectivity index (χ0v) is 34.1. The predicted molar refractivity (Wildman–Crippen MR) is 261 cm³/mol. The third-order valence-corrected chi connectivity index (χ3v) is 13.2. The molecule has 3 heteroatoms. The monoisotopic (exact) mass is 804 g/mol. The number of para-hydroxylation sites is 2. The Hall–Kier alpha value is -8.27. The third kappa shape index (κ3) is 5.50. The Bertz CT molecular complexity index is 3580. The molecule has 6 bridgehead atoms.